The minimum Gasteiger partial charge on any atom is -0.349 e. The number of rotatable bonds is 1. The van der Waals surface area contributed by atoms with E-state index < -0.39 is 0 Å². The molecule has 0 aromatic heterocycles. The largest absolute Gasteiger partial charge is 0.349 e. The van der Waals surface area contributed by atoms with Gasteiger partial charge >= 0.3 is 0 Å². The van der Waals surface area contributed by atoms with Crippen molar-refractivity contribution in [3.8, 4) is 0 Å². The van der Waals surface area contributed by atoms with Gasteiger partial charge in [0.2, 0.25) is 0 Å². The van der Waals surface area contributed by atoms with Crippen molar-refractivity contribution in [1.29, 1.82) is 0 Å². The number of aryl methyl sites for hydroxylation is 2. The molecule has 2 rings (SSSR count). The molecule has 1 heterocycles. The zero-order valence-corrected chi connectivity index (χ0v) is 11.4. The number of benzene rings is 1. The van der Waals surface area contributed by atoms with E-state index in [0.717, 1.165) is 23.9 Å². The summed E-state index contributed by atoms with van der Waals surface area (Å²) in [5.74, 6) is 0. The van der Waals surface area contributed by atoms with E-state index in [0.29, 0.717) is 0 Å². The van der Waals surface area contributed by atoms with Crippen molar-refractivity contribution in [2.45, 2.75) is 33.1 Å². The average Bonchev–Trinajstić information content (AvgIpc) is 2.34. The predicted molar refractivity (Wildman–Crippen MR) is 77.6 cm³/mol. The quantitative estimate of drug-likeness (QED) is 0.766. The maximum Gasteiger partial charge on any atom is 0.173 e. The van der Waals surface area contributed by atoms with Crippen LogP contribution in [0.4, 0.5) is 5.69 Å². The summed E-state index contributed by atoms with van der Waals surface area (Å²) >= 11 is 5.46. The number of hydrogen-bond acceptors (Lipinski definition) is 1. The minimum atomic E-state index is 0.872. The Morgan fingerprint density at radius 2 is 1.88 bits per heavy atom. The molecule has 92 valence electrons. The molecule has 2 nitrogen and oxygen atoms in total. The first-order valence-electron chi connectivity index (χ1n) is 6.30. The van der Waals surface area contributed by atoms with Gasteiger partial charge in [-0.05, 0) is 57.0 Å². The molecule has 0 amide bonds. The third-order valence-corrected chi connectivity index (χ3v) is 3.63. The maximum atomic E-state index is 5.46. The Labute approximate surface area is 109 Å². The van der Waals surface area contributed by atoms with Gasteiger partial charge in [-0.25, -0.2) is 0 Å². The van der Waals surface area contributed by atoms with Crippen LogP contribution < -0.4 is 5.32 Å². The number of hydrogen-bond donors (Lipinski definition) is 1. The van der Waals surface area contributed by atoms with Crippen LogP contribution in [0.15, 0.2) is 18.2 Å². The Balaban J connectivity index is 2.02. The highest BCUT2D eigenvalue weighted by molar-refractivity contribution is 7.80. The van der Waals surface area contributed by atoms with Crippen molar-refractivity contribution in [3.05, 3.63) is 29.3 Å². The number of anilines is 1. The van der Waals surface area contributed by atoms with Crippen LogP contribution in [0.5, 0.6) is 0 Å². The fourth-order valence-corrected chi connectivity index (χ4v) is 2.54. The van der Waals surface area contributed by atoms with Crippen LogP contribution in [0.1, 0.15) is 30.4 Å². The lowest BCUT2D eigenvalue weighted by Gasteiger charge is -2.29. The van der Waals surface area contributed by atoms with Gasteiger partial charge in [-0.1, -0.05) is 17.7 Å². The van der Waals surface area contributed by atoms with E-state index >= 15 is 0 Å². The van der Waals surface area contributed by atoms with Gasteiger partial charge in [0.1, 0.15) is 0 Å². The predicted octanol–water partition coefficient (Wildman–Crippen LogP) is 3.49. The second-order valence-electron chi connectivity index (χ2n) is 4.80. The molecule has 0 radical (unpaired) electrons. The van der Waals surface area contributed by atoms with Crippen molar-refractivity contribution < 1.29 is 0 Å². The number of piperidine rings is 1. The molecule has 1 N–H and O–H groups in total. The molecule has 0 bridgehead atoms. The molecule has 0 saturated carbocycles. The minimum absolute atomic E-state index is 0.872. The summed E-state index contributed by atoms with van der Waals surface area (Å²) in [6, 6.07) is 6.41. The van der Waals surface area contributed by atoms with Gasteiger partial charge in [0.15, 0.2) is 5.11 Å². The van der Waals surface area contributed by atoms with Gasteiger partial charge in [0.25, 0.3) is 0 Å². The Kier molecular flexibility index (Phi) is 4.00. The lowest BCUT2D eigenvalue weighted by atomic mass is 10.1. The lowest BCUT2D eigenvalue weighted by molar-refractivity contribution is 0.346. The van der Waals surface area contributed by atoms with E-state index in [1.165, 1.54) is 30.4 Å². The molecule has 0 spiro atoms. The second kappa shape index (κ2) is 5.50. The van der Waals surface area contributed by atoms with Gasteiger partial charge in [0.05, 0.1) is 0 Å². The Morgan fingerprint density at radius 3 is 2.53 bits per heavy atom. The summed E-state index contributed by atoms with van der Waals surface area (Å²) in [6.45, 7) is 6.42. The highest BCUT2D eigenvalue weighted by Crippen LogP contribution is 2.18. The molecule has 0 atom stereocenters. The molecular weight excluding hydrogens is 228 g/mol. The summed E-state index contributed by atoms with van der Waals surface area (Å²) in [5, 5.41) is 4.24. The van der Waals surface area contributed by atoms with Crippen molar-refractivity contribution in [2.24, 2.45) is 0 Å². The van der Waals surface area contributed by atoms with Gasteiger partial charge in [-0.15, -0.1) is 0 Å². The van der Waals surface area contributed by atoms with E-state index in [9.17, 15) is 0 Å². The second-order valence-corrected chi connectivity index (χ2v) is 5.18. The van der Waals surface area contributed by atoms with Crippen LogP contribution in [0, 0.1) is 13.8 Å². The third kappa shape index (κ3) is 3.19. The third-order valence-electron chi connectivity index (χ3n) is 3.27. The number of nitrogens with one attached hydrogen (secondary N) is 1. The van der Waals surface area contributed by atoms with Crippen LogP contribution in [-0.2, 0) is 0 Å². The Morgan fingerprint density at radius 1 is 1.18 bits per heavy atom. The number of nitrogens with zero attached hydrogens (tertiary/aromatic N) is 1. The van der Waals surface area contributed by atoms with Crippen molar-refractivity contribution in [1.82, 2.24) is 4.90 Å². The standard InChI is InChI=1S/C14H20N2S/c1-11-6-7-13(12(2)10-11)15-14(17)16-8-4-3-5-9-16/h6-7,10H,3-5,8-9H2,1-2H3,(H,15,17). The number of thiocarbonyl (C=S) groups is 1. The summed E-state index contributed by atoms with van der Waals surface area (Å²) in [5.41, 5.74) is 3.67. The molecule has 1 saturated heterocycles. The van der Waals surface area contributed by atoms with Crippen LogP contribution in [0.25, 0.3) is 0 Å². The molecular formula is C14H20N2S. The molecule has 1 aliphatic rings. The molecule has 1 aromatic carbocycles. The lowest BCUT2D eigenvalue weighted by Crippen LogP contribution is -2.38. The van der Waals surface area contributed by atoms with E-state index in [1.807, 2.05) is 0 Å². The molecule has 3 heteroatoms. The summed E-state index contributed by atoms with van der Waals surface area (Å²) in [7, 11) is 0. The zero-order chi connectivity index (χ0) is 12.3. The number of likely N-dealkylation sites (tertiary alicyclic amines) is 1. The molecule has 0 aliphatic carbocycles. The summed E-state index contributed by atoms with van der Waals surface area (Å²) < 4.78 is 0. The van der Waals surface area contributed by atoms with Crippen LogP contribution in [-0.4, -0.2) is 23.1 Å². The first-order valence-corrected chi connectivity index (χ1v) is 6.71. The maximum absolute atomic E-state index is 5.46. The van der Waals surface area contributed by atoms with E-state index in [-0.39, 0.29) is 0 Å². The molecule has 0 unspecified atom stereocenters. The fourth-order valence-electron chi connectivity index (χ4n) is 2.25. The first kappa shape index (κ1) is 12.4. The summed E-state index contributed by atoms with van der Waals surface area (Å²) in [6.07, 6.45) is 3.85. The first-order chi connectivity index (χ1) is 8.16. The van der Waals surface area contributed by atoms with Crippen LogP contribution in [0.3, 0.4) is 0 Å². The monoisotopic (exact) mass is 248 g/mol. The van der Waals surface area contributed by atoms with E-state index in [4.69, 9.17) is 12.2 Å². The van der Waals surface area contributed by atoms with Crippen molar-refractivity contribution in [2.75, 3.05) is 18.4 Å². The smallest absolute Gasteiger partial charge is 0.173 e. The van der Waals surface area contributed by atoms with Crippen LogP contribution in [0.2, 0.25) is 0 Å². The van der Waals surface area contributed by atoms with Gasteiger partial charge in [-0.3, -0.25) is 0 Å². The Hall–Kier alpha value is -1.09. The van der Waals surface area contributed by atoms with Crippen molar-refractivity contribution in [3.63, 3.8) is 0 Å². The van der Waals surface area contributed by atoms with Gasteiger partial charge in [0, 0.05) is 18.8 Å². The van der Waals surface area contributed by atoms with Gasteiger partial charge < -0.3 is 10.2 Å². The molecule has 1 aliphatic heterocycles. The van der Waals surface area contributed by atoms with E-state index in [2.05, 4.69) is 42.3 Å². The van der Waals surface area contributed by atoms with Crippen molar-refractivity contribution >= 4 is 23.0 Å². The molecule has 17 heavy (non-hydrogen) atoms. The average molecular weight is 248 g/mol. The van der Waals surface area contributed by atoms with E-state index in [1.54, 1.807) is 0 Å². The van der Waals surface area contributed by atoms with Crippen LogP contribution >= 0.6 is 12.2 Å². The van der Waals surface area contributed by atoms with Gasteiger partial charge in [-0.2, -0.15) is 0 Å². The topological polar surface area (TPSA) is 15.3 Å². The summed E-state index contributed by atoms with van der Waals surface area (Å²) in [4.78, 5) is 2.28. The fraction of sp³-hybridized carbons (Fsp3) is 0.500. The SMILES string of the molecule is Cc1ccc(NC(=S)N2CCCCC2)c(C)c1. The molecule has 1 aromatic rings. The Bertz CT molecular complexity index is 409. The highest BCUT2D eigenvalue weighted by atomic mass is 32.1. The zero-order valence-electron chi connectivity index (χ0n) is 10.6. The molecule has 1 fully saturated rings. The highest BCUT2D eigenvalue weighted by Gasteiger charge is 2.13. The normalized spacial score (nSPS) is 15.8.